The molecule has 20 heavy (non-hydrogen) atoms. The Morgan fingerprint density at radius 3 is 2.65 bits per heavy atom. The number of aromatic amines is 1. The summed E-state index contributed by atoms with van der Waals surface area (Å²) in [6.07, 6.45) is -0.430. The van der Waals surface area contributed by atoms with Crippen molar-refractivity contribution < 1.29 is 9.90 Å². The normalized spacial score (nSPS) is 10.4. The van der Waals surface area contributed by atoms with Crippen LogP contribution >= 0.6 is 11.8 Å². The maximum atomic E-state index is 11.8. The number of carboxylic acids is 1. The molecule has 7 heteroatoms. The molecule has 0 aliphatic carbocycles. The van der Waals surface area contributed by atoms with E-state index in [0.29, 0.717) is 11.6 Å². The molecular weight excluding hydrogens is 278 g/mol. The predicted octanol–water partition coefficient (Wildman–Crippen LogP) is 1.27. The number of anilines is 1. The highest BCUT2D eigenvalue weighted by molar-refractivity contribution is 7.98. The van der Waals surface area contributed by atoms with E-state index in [4.69, 9.17) is 10.8 Å². The van der Waals surface area contributed by atoms with E-state index in [1.807, 2.05) is 30.3 Å². The van der Waals surface area contributed by atoms with Crippen molar-refractivity contribution >= 4 is 23.5 Å². The number of carboxylic acid groups (broad SMARTS) is 1. The molecule has 0 fully saturated rings. The number of thioether (sulfide) groups is 1. The number of rotatable bonds is 5. The van der Waals surface area contributed by atoms with Crippen molar-refractivity contribution in [2.45, 2.75) is 17.1 Å². The van der Waals surface area contributed by atoms with E-state index in [1.54, 1.807) is 0 Å². The van der Waals surface area contributed by atoms with Crippen LogP contribution in [0.5, 0.6) is 0 Å². The van der Waals surface area contributed by atoms with E-state index in [9.17, 15) is 9.59 Å². The second-order valence-corrected chi connectivity index (χ2v) is 5.10. The number of benzene rings is 1. The van der Waals surface area contributed by atoms with Gasteiger partial charge in [-0.3, -0.25) is 9.59 Å². The Balaban J connectivity index is 2.14. The van der Waals surface area contributed by atoms with Crippen LogP contribution in [0.15, 0.2) is 40.0 Å². The summed E-state index contributed by atoms with van der Waals surface area (Å²) >= 11 is 1.51. The largest absolute Gasteiger partial charge is 0.481 e. The van der Waals surface area contributed by atoms with Crippen LogP contribution in [-0.4, -0.2) is 21.0 Å². The van der Waals surface area contributed by atoms with E-state index in [-0.39, 0.29) is 11.4 Å². The molecule has 1 aromatic carbocycles. The first kappa shape index (κ1) is 14.1. The lowest BCUT2D eigenvalue weighted by Gasteiger charge is -2.05. The minimum atomic E-state index is -1.12. The first-order chi connectivity index (χ1) is 9.56. The van der Waals surface area contributed by atoms with Gasteiger partial charge in [0.1, 0.15) is 11.6 Å². The summed E-state index contributed by atoms with van der Waals surface area (Å²) in [6.45, 7) is 0. The van der Waals surface area contributed by atoms with Gasteiger partial charge in [0.15, 0.2) is 0 Å². The molecule has 0 aliphatic heterocycles. The van der Waals surface area contributed by atoms with E-state index in [1.165, 1.54) is 11.8 Å². The molecule has 2 aromatic rings. The molecule has 0 bridgehead atoms. The number of nitrogen functional groups attached to an aromatic ring is 1. The third-order valence-electron chi connectivity index (χ3n) is 2.54. The molecule has 0 radical (unpaired) electrons. The van der Waals surface area contributed by atoms with Gasteiger partial charge in [0.2, 0.25) is 0 Å². The Kier molecular flexibility index (Phi) is 4.41. The monoisotopic (exact) mass is 291 g/mol. The third-order valence-corrected chi connectivity index (χ3v) is 3.57. The number of nitrogens with two attached hydrogens (primary N) is 1. The van der Waals surface area contributed by atoms with Gasteiger partial charge in [0.05, 0.1) is 17.7 Å². The van der Waals surface area contributed by atoms with Crippen molar-refractivity contribution in [3.63, 3.8) is 0 Å². The SMILES string of the molecule is Nc1nc(CSc2ccccc2)[nH]c(=O)c1CC(=O)O. The van der Waals surface area contributed by atoms with Crippen molar-refractivity contribution in [2.75, 3.05) is 5.73 Å². The fourth-order valence-electron chi connectivity index (χ4n) is 1.62. The number of aromatic nitrogens is 2. The fraction of sp³-hybridized carbons (Fsp3) is 0.154. The smallest absolute Gasteiger partial charge is 0.308 e. The van der Waals surface area contributed by atoms with Gasteiger partial charge in [0, 0.05) is 4.90 Å². The number of hydrogen-bond acceptors (Lipinski definition) is 5. The van der Waals surface area contributed by atoms with Crippen LogP contribution in [0.1, 0.15) is 11.4 Å². The van der Waals surface area contributed by atoms with E-state index >= 15 is 0 Å². The second kappa shape index (κ2) is 6.25. The van der Waals surface area contributed by atoms with Gasteiger partial charge in [-0.25, -0.2) is 4.98 Å². The molecule has 2 rings (SSSR count). The highest BCUT2D eigenvalue weighted by Gasteiger charge is 2.12. The topological polar surface area (TPSA) is 109 Å². The number of nitrogens with one attached hydrogen (secondary N) is 1. The van der Waals surface area contributed by atoms with Crippen LogP contribution in [-0.2, 0) is 17.0 Å². The lowest BCUT2D eigenvalue weighted by Crippen LogP contribution is -2.21. The Morgan fingerprint density at radius 1 is 1.35 bits per heavy atom. The van der Waals surface area contributed by atoms with Crippen LogP contribution in [0.4, 0.5) is 5.82 Å². The number of H-pyrrole nitrogens is 1. The molecule has 0 amide bonds. The standard InChI is InChI=1S/C13H13N3O3S/c14-12-9(6-11(17)18)13(19)16-10(15-12)7-20-8-4-2-1-3-5-8/h1-5H,6-7H2,(H,17,18)(H3,14,15,16,19). The van der Waals surface area contributed by atoms with Gasteiger partial charge >= 0.3 is 5.97 Å². The van der Waals surface area contributed by atoms with Gasteiger partial charge in [-0.15, -0.1) is 11.8 Å². The number of aliphatic carboxylic acids is 1. The summed E-state index contributed by atoms with van der Waals surface area (Å²) in [5.74, 6) is -0.262. The summed E-state index contributed by atoms with van der Waals surface area (Å²) in [5.41, 5.74) is 5.13. The van der Waals surface area contributed by atoms with Crippen molar-refractivity contribution in [3.05, 3.63) is 52.1 Å². The zero-order valence-corrected chi connectivity index (χ0v) is 11.3. The highest BCUT2D eigenvalue weighted by Crippen LogP contribution is 2.20. The molecule has 0 aliphatic rings. The quantitative estimate of drug-likeness (QED) is 0.716. The summed E-state index contributed by atoms with van der Waals surface area (Å²) in [7, 11) is 0. The number of hydrogen-bond donors (Lipinski definition) is 3. The Morgan fingerprint density at radius 2 is 2.05 bits per heavy atom. The molecule has 6 nitrogen and oxygen atoms in total. The minimum absolute atomic E-state index is 0.00837. The zero-order valence-electron chi connectivity index (χ0n) is 10.5. The molecule has 0 saturated heterocycles. The van der Waals surface area contributed by atoms with E-state index < -0.39 is 17.9 Å². The van der Waals surface area contributed by atoms with Gasteiger partial charge in [-0.2, -0.15) is 0 Å². The van der Waals surface area contributed by atoms with Crippen LogP contribution < -0.4 is 11.3 Å². The summed E-state index contributed by atoms with van der Waals surface area (Å²) in [4.78, 5) is 30.0. The zero-order chi connectivity index (χ0) is 14.5. The highest BCUT2D eigenvalue weighted by atomic mass is 32.2. The molecule has 1 heterocycles. The molecule has 104 valence electrons. The summed E-state index contributed by atoms with van der Waals surface area (Å²) in [6, 6.07) is 9.66. The lowest BCUT2D eigenvalue weighted by molar-refractivity contribution is -0.136. The van der Waals surface area contributed by atoms with Crippen LogP contribution in [0, 0.1) is 0 Å². The Labute approximate surface area is 119 Å². The Bertz CT molecular complexity index is 670. The van der Waals surface area contributed by atoms with Crippen molar-refractivity contribution in [1.82, 2.24) is 9.97 Å². The first-order valence-electron chi connectivity index (χ1n) is 5.83. The van der Waals surface area contributed by atoms with E-state index in [2.05, 4.69) is 9.97 Å². The van der Waals surface area contributed by atoms with Crippen LogP contribution in [0.25, 0.3) is 0 Å². The maximum absolute atomic E-state index is 11.8. The molecule has 0 atom stereocenters. The second-order valence-electron chi connectivity index (χ2n) is 4.05. The molecule has 0 saturated carbocycles. The molecular formula is C13H13N3O3S. The molecule has 4 N–H and O–H groups in total. The predicted molar refractivity (Wildman–Crippen MR) is 76.6 cm³/mol. The van der Waals surface area contributed by atoms with Gasteiger partial charge in [0.25, 0.3) is 5.56 Å². The van der Waals surface area contributed by atoms with Crippen molar-refractivity contribution in [1.29, 1.82) is 0 Å². The van der Waals surface area contributed by atoms with Crippen molar-refractivity contribution in [2.24, 2.45) is 0 Å². The van der Waals surface area contributed by atoms with Crippen LogP contribution in [0.3, 0.4) is 0 Å². The number of nitrogens with zero attached hydrogens (tertiary/aromatic N) is 1. The number of carbonyl (C=O) groups is 1. The molecule has 0 unspecified atom stereocenters. The molecule has 0 spiro atoms. The molecule has 1 aromatic heterocycles. The first-order valence-corrected chi connectivity index (χ1v) is 6.82. The average Bonchev–Trinajstić information content (AvgIpc) is 2.41. The Hall–Kier alpha value is -2.28. The van der Waals surface area contributed by atoms with Gasteiger partial charge < -0.3 is 15.8 Å². The maximum Gasteiger partial charge on any atom is 0.308 e. The lowest BCUT2D eigenvalue weighted by atomic mass is 10.2. The van der Waals surface area contributed by atoms with Crippen LogP contribution in [0.2, 0.25) is 0 Å². The third kappa shape index (κ3) is 3.61. The van der Waals surface area contributed by atoms with Gasteiger partial charge in [-0.1, -0.05) is 18.2 Å². The van der Waals surface area contributed by atoms with Crippen molar-refractivity contribution in [3.8, 4) is 0 Å². The van der Waals surface area contributed by atoms with Gasteiger partial charge in [-0.05, 0) is 12.1 Å². The summed E-state index contributed by atoms with van der Waals surface area (Å²) in [5, 5.41) is 8.70. The fourth-order valence-corrected chi connectivity index (χ4v) is 2.41. The minimum Gasteiger partial charge on any atom is -0.481 e. The van der Waals surface area contributed by atoms with E-state index in [0.717, 1.165) is 4.90 Å². The summed E-state index contributed by atoms with van der Waals surface area (Å²) < 4.78 is 0. The average molecular weight is 291 g/mol.